The van der Waals surface area contributed by atoms with Crippen molar-refractivity contribution in [3.63, 3.8) is 0 Å². The van der Waals surface area contributed by atoms with E-state index in [1.54, 1.807) is 6.08 Å². The molecule has 0 bridgehead atoms. The number of rotatable bonds is 56. The molecule has 1 heterocycles. The highest BCUT2D eigenvalue weighted by Gasteiger charge is 2.44. The van der Waals surface area contributed by atoms with Crippen molar-refractivity contribution in [2.75, 3.05) is 13.2 Å². The first-order valence-corrected chi connectivity index (χ1v) is 33.6. The van der Waals surface area contributed by atoms with Gasteiger partial charge in [-0.2, -0.15) is 0 Å². The van der Waals surface area contributed by atoms with Gasteiger partial charge in [-0.25, -0.2) is 0 Å². The highest BCUT2D eigenvalue weighted by atomic mass is 16.7. The number of aliphatic hydroxyl groups excluding tert-OH is 5. The summed E-state index contributed by atoms with van der Waals surface area (Å²) in [5.41, 5.74) is 0. The molecule has 1 rings (SSSR count). The summed E-state index contributed by atoms with van der Waals surface area (Å²) in [5, 5.41) is 54.6. The average Bonchev–Trinajstić information content (AvgIpc) is 3.60. The van der Waals surface area contributed by atoms with Crippen LogP contribution in [0.5, 0.6) is 0 Å². The zero-order chi connectivity index (χ0) is 60.0. The van der Waals surface area contributed by atoms with Crippen molar-refractivity contribution >= 4 is 5.91 Å². The number of amides is 1. The van der Waals surface area contributed by atoms with Crippen molar-refractivity contribution in [3.8, 4) is 0 Å². The molecular weight excluding hydrogens is 1030 g/mol. The second-order valence-corrected chi connectivity index (χ2v) is 22.5. The maximum absolute atomic E-state index is 13.1. The number of hydrogen-bond acceptors (Lipinski definition) is 8. The maximum Gasteiger partial charge on any atom is 0.220 e. The van der Waals surface area contributed by atoms with Gasteiger partial charge in [0, 0.05) is 6.42 Å². The van der Waals surface area contributed by atoms with Gasteiger partial charge in [0.1, 0.15) is 24.4 Å². The SMILES string of the molecule is CC/C=C\C/C=C\C/C=C\C/C=C\C/C=C\C/C=C\C/C=C\C/C=C\C/C=C\CCCC(=O)NC(COC1OC(CO)C(O)C(O)C1O)C(O)/C=C/CC/C=C/CC/C=C/CCCCCCCCCCCCCCCCCCCCCCC. The highest BCUT2D eigenvalue weighted by Crippen LogP contribution is 2.23. The number of unbranched alkanes of at least 4 members (excludes halogenated alkanes) is 24. The third-order valence-corrected chi connectivity index (χ3v) is 14.9. The highest BCUT2D eigenvalue weighted by molar-refractivity contribution is 5.76. The van der Waals surface area contributed by atoms with Gasteiger partial charge in [-0.15, -0.1) is 0 Å². The molecule has 1 amide bonds. The van der Waals surface area contributed by atoms with Crippen molar-refractivity contribution in [3.05, 3.63) is 146 Å². The normalized spacial score (nSPS) is 19.2. The quantitative estimate of drug-likeness (QED) is 0.0261. The van der Waals surface area contributed by atoms with Crippen molar-refractivity contribution in [2.24, 2.45) is 0 Å². The molecule has 7 unspecified atom stereocenters. The van der Waals surface area contributed by atoms with Gasteiger partial charge in [-0.3, -0.25) is 4.79 Å². The molecule has 0 aliphatic carbocycles. The van der Waals surface area contributed by atoms with Crippen LogP contribution in [0.25, 0.3) is 0 Å². The van der Waals surface area contributed by atoms with Crippen LogP contribution in [0, 0.1) is 0 Å². The molecule has 0 aromatic carbocycles. The standard InChI is InChI=1S/C74H123NO8/c1-3-5-7-9-11-13-15-17-19-21-23-25-27-29-31-33-34-36-37-39-41-43-45-47-49-51-53-55-57-59-61-63-68(77)67(66-82-74-73(81)72(80)71(79)69(65-76)83-74)75-70(78)64-62-60-58-56-54-52-50-48-46-44-42-40-38-35-32-30-28-26-24-22-20-18-16-14-12-10-8-6-4-2/h6,8,12,14,18,20,24,26,30,32,38,40,44-47,50,52-53,55-56,58,61,63,67-69,71-74,76-77,79-81H,3-5,7,9-11,13,15-17,19,21-23,25,27-29,31,33-37,39,41-43,48-49,51,54,57,59-60,62,64-66H2,1-2H3,(H,75,78)/b8-6-,14-12-,20-18-,26-24-,32-30-,40-38-,46-44-,47-45+,52-50-,55-53+,58-56-,63-61+. The predicted molar refractivity (Wildman–Crippen MR) is 354 cm³/mol. The number of hydrogen-bond donors (Lipinski definition) is 6. The lowest BCUT2D eigenvalue weighted by Gasteiger charge is -2.40. The maximum atomic E-state index is 13.1. The lowest BCUT2D eigenvalue weighted by molar-refractivity contribution is -0.302. The minimum atomic E-state index is -1.60. The topological polar surface area (TPSA) is 149 Å². The summed E-state index contributed by atoms with van der Waals surface area (Å²) in [4.78, 5) is 13.1. The first-order valence-electron chi connectivity index (χ1n) is 33.6. The average molecular weight is 1150 g/mol. The van der Waals surface area contributed by atoms with Crippen molar-refractivity contribution in [1.29, 1.82) is 0 Å². The lowest BCUT2D eigenvalue weighted by Crippen LogP contribution is -2.60. The summed E-state index contributed by atoms with van der Waals surface area (Å²) in [6, 6.07) is -0.873. The molecule has 83 heavy (non-hydrogen) atoms. The molecule has 0 saturated carbocycles. The van der Waals surface area contributed by atoms with E-state index in [2.05, 4.69) is 153 Å². The van der Waals surface area contributed by atoms with Crippen LogP contribution in [0.3, 0.4) is 0 Å². The Balaban J connectivity index is 2.27. The van der Waals surface area contributed by atoms with Crippen LogP contribution in [0.4, 0.5) is 0 Å². The van der Waals surface area contributed by atoms with Crippen LogP contribution < -0.4 is 5.32 Å². The van der Waals surface area contributed by atoms with Gasteiger partial charge in [0.25, 0.3) is 0 Å². The monoisotopic (exact) mass is 1150 g/mol. The predicted octanol–water partition coefficient (Wildman–Crippen LogP) is 18.2. The Bertz CT molecular complexity index is 1820. The Hall–Kier alpha value is -3.93. The Morgan fingerprint density at radius 3 is 1.16 bits per heavy atom. The van der Waals surface area contributed by atoms with Crippen LogP contribution in [0.1, 0.15) is 258 Å². The van der Waals surface area contributed by atoms with E-state index >= 15 is 0 Å². The molecule has 1 saturated heterocycles. The Morgan fingerprint density at radius 2 is 0.759 bits per heavy atom. The van der Waals surface area contributed by atoms with E-state index in [-0.39, 0.29) is 18.9 Å². The van der Waals surface area contributed by atoms with Crippen LogP contribution >= 0.6 is 0 Å². The van der Waals surface area contributed by atoms with E-state index in [9.17, 15) is 30.3 Å². The molecule has 1 aliphatic rings. The minimum absolute atomic E-state index is 0.239. The van der Waals surface area contributed by atoms with E-state index < -0.39 is 49.5 Å². The fourth-order valence-electron chi connectivity index (χ4n) is 9.66. The minimum Gasteiger partial charge on any atom is -0.394 e. The smallest absolute Gasteiger partial charge is 0.220 e. The van der Waals surface area contributed by atoms with Gasteiger partial charge in [-0.05, 0) is 109 Å². The number of carbonyl (C=O) groups excluding carboxylic acids is 1. The molecule has 472 valence electrons. The van der Waals surface area contributed by atoms with Crippen molar-refractivity contribution in [2.45, 2.75) is 301 Å². The van der Waals surface area contributed by atoms with Gasteiger partial charge in [-0.1, -0.05) is 288 Å². The van der Waals surface area contributed by atoms with E-state index in [4.69, 9.17) is 9.47 Å². The van der Waals surface area contributed by atoms with E-state index in [1.165, 1.54) is 135 Å². The molecule has 1 fully saturated rings. The van der Waals surface area contributed by atoms with Gasteiger partial charge < -0.3 is 40.3 Å². The Kier molecular flexibility index (Phi) is 56.8. The molecule has 0 radical (unpaired) electrons. The summed E-state index contributed by atoms with van der Waals surface area (Å²) in [6.45, 7) is 3.62. The van der Waals surface area contributed by atoms with Crippen molar-refractivity contribution < 1.29 is 39.8 Å². The molecule has 0 spiro atoms. The molecule has 7 atom stereocenters. The summed E-state index contributed by atoms with van der Waals surface area (Å²) in [6.07, 6.45) is 88.1. The van der Waals surface area contributed by atoms with Gasteiger partial charge in [0.2, 0.25) is 5.91 Å². The zero-order valence-electron chi connectivity index (χ0n) is 52.6. The first-order chi connectivity index (χ1) is 40.8. The van der Waals surface area contributed by atoms with Crippen LogP contribution in [0.15, 0.2) is 146 Å². The third-order valence-electron chi connectivity index (χ3n) is 14.9. The second kappa shape index (κ2) is 61.2. The number of allylic oxidation sites excluding steroid dienone is 23. The molecule has 6 N–H and O–H groups in total. The fraction of sp³-hybridized carbons (Fsp3) is 0.662. The summed E-state index contributed by atoms with van der Waals surface area (Å²) >= 11 is 0. The van der Waals surface area contributed by atoms with Gasteiger partial charge in [0.05, 0.1) is 25.4 Å². The van der Waals surface area contributed by atoms with Gasteiger partial charge in [0.15, 0.2) is 6.29 Å². The summed E-state index contributed by atoms with van der Waals surface area (Å²) in [5.74, 6) is -0.253. The molecule has 9 heteroatoms. The number of carbonyl (C=O) groups is 1. The number of aliphatic hydroxyl groups is 5. The third kappa shape index (κ3) is 50.0. The van der Waals surface area contributed by atoms with Crippen LogP contribution in [-0.4, -0.2) is 87.5 Å². The summed E-state index contributed by atoms with van der Waals surface area (Å²) < 4.78 is 11.3. The molecule has 0 aromatic heterocycles. The van der Waals surface area contributed by atoms with Gasteiger partial charge >= 0.3 is 0 Å². The fourth-order valence-corrected chi connectivity index (χ4v) is 9.66. The second-order valence-electron chi connectivity index (χ2n) is 22.5. The van der Waals surface area contributed by atoms with E-state index in [0.29, 0.717) is 12.8 Å². The lowest BCUT2D eigenvalue weighted by atomic mass is 9.99. The summed E-state index contributed by atoms with van der Waals surface area (Å²) in [7, 11) is 0. The van der Waals surface area contributed by atoms with Crippen LogP contribution in [0.2, 0.25) is 0 Å². The number of ether oxygens (including phenoxy) is 2. The molecule has 1 aliphatic heterocycles. The van der Waals surface area contributed by atoms with Crippen LogP contribution in [-0.2, 0) is 14.3 Å². The largest absolute Gasteiger partial charge is 0.394 e. The Labute approximate surface area is 508 Å². The molecule has 9 nitrogen and oxygen atoms in total. The van der Waals surface area contributed by atoms with Crippen molar-refractivity contribution in [1.82, 2.24) is 5.32 Å². The van der Waals surface area contributed by atoms with E-state index in [0.717, 1.165) is 89.9 Å². The number of nitrogens with one attached hydrogen (secondary N) is 1. The zero-order valence-corrected chi connectivity index (χ0v) is 52.6. The first kappa shape index (κ1) is 77.1. The van der Waals surface area contributed by atoms with E-state index in [1.807, 2.05) is 6.08 Å². The Morgan fingerprint density at radius 1 is 0.422 bits per heavy atom. The molecule has 0 aromatic rings. The molecular formula is C74H123NO8.